The van der Waals surface area contributed by atoms with E-state index in [2.05, 4.69) is 41.8 Å². The first kappa shape index (κ1) is 25.1. The molecule has 36 heavy (non-hydrogen) atoms. The van der Waals surface area contributed by atoms with Gasteiger partial charge in [-0.15, -0.1) is 0 Å². The van der Waals surface area contributed by atoms with Crippen molar-refractivity contribution in [2.75, 3.05) is 26.2 Å². The Labute approximate surface area is 232 Å². The molecule has 2 aromatic carbocycles. The standard InChI is InChI=1S/C24H18Br2N4O4S2/c25-15-1-3-17(31)13(9-15)11-19-21(33)27-23(35-19)29-5-7-30(8-6-29)24-28-22(34)20(36-24)12-14-10-16(26)2-4-18(14)32/h1-4,9-12,31-32H,5-8H2/b19-11-,20-12-. The largest absolute Gasteiger partial charge is 0.507 e. The van der Waals surface area contributed by atoms with Crippen LogP contribution < -0.4 is 0 Å². The summed E-state index contributed by atoms with van der Waals surface area (Å²) in [6.45, 7) is 2.48. The SMILES string of the molecule is O=C1N=C(N2CCN(C3=NC(=O)/C(=C/c4cc(Br)ccc4O)S3)CC2)S/C1=C\c1cc(Br)ccc1O. The topological polar surface area (TPSA) is 106 Å². The van der Waals surface area contributed by atoms with E-state index in [1.54, 1.807) is 48.6 Å². The summed E-state index contributed by atoms with van der Waals surface area (Å²) in [4.78, 5) is 38.4. The van der Waals surface area contributed by atoms with E-state index >= 15 is 0 Å². The molecule has 12 heteroatoms. The summed E-state index contributed by atoms with van der Waals surface area (Å²) in [7, 11) is 0. The Morgan fingerprint density at radius 2 is 1.11 bits per heavy atom. The van der Waals surface area contributed by atoms with Crippen molar-refractivity contribution < 1.29 is 19.8 Å². The molecule has 0 atom stereocenters. The first-order valence-electron chi connectivity index (χ1n) is 10.8. The molecule has 5 rings (SSSR count). The van der Waals surface area contributed by atoms with Crippen molar-refractivity contribution in [3.8, 4) is 11.5 Å². The number of aliphatic imine (C=N–C) groups is 2. The Morgan fingerprint density at radius 3 is 1.50 bits per heavy atom. The highest BCUT2D eigenvalue weighted by molar-refractivity contribution is 9.10. The van der Waals surface area contributed by atoms with Crippen molar-refractivity contribution in [3.63, 3.8) is 0 Å². The number of carbonyl (C=O) groups excluding carboxylic acids is 2. The van der Waals surface area contributed by atoms with Gasteiger partial charge in [-0.1, -0.05) is 31.9 Å². The summed E-state index contributed by atoms with van der Waals surface area (Å²) in [5, 5.41) is 21.4. The minimum absolute atomic E-state index is 0.0917. The quantitative estimate of drug-likeness (QED) is 0.444. The van der Waals surface area contributed by atoms with Gasteiger partial charge in [0, 0.05) is 46.3 Å². The Kier molecular flexibility index (Phi) is 7.29. The van der Waals surface area contributed by atoms with Crippen LogP contribution in [0.1, 0.15) is 11.1 Å². The molecule has 0 saturated carbocycles. The summed E-state index contributed by atoms with van der Waals surface area (Å²) in [5.74, 6) is -0.476. The number of benzene rings is 2. The Morgan fingerprint density at radius 1 is 0.722 bits per heavy atom. The fourth-order valence-corrected chi connectivity index (χ4v) is 6.39. The van der Waals surface area contributed by atoms with Gasteiger partial charge in [-0.25, -0.2) is 0 Å². The molecule has 184 valence electrons. The van der Waals surface area contributed by atoms with E-state index < -0.39 is 0 Å². The van der Waals surface area contributed by atoms with Crippen LogP contribution in [0.25, 0.3) is 12.2 Å². The molecule has 8 nitrogen and oxygen atoms in total. The number of phenols is 2. The number of amidine groups is 2. The van der Waals surface area contributed by atoms with Gasteiger partial charge in [0.25, 0.3) is 11.8 Å². The third kappa shape index (κ3) is 5.41. The normalized spacial score (nSPS) is 20.5. The van der Waals surface area contributed by atoms with E-state index in [9.17, 15) is 19.8 Å². The lowest BCUT2D eigenvalue weighted by atomic mass is 10.2. The smallest absolute Gasteiger partial charge is 0.286 e. The van der Waals surface area contributed by atoms with E-state index in [4.69, 9.17) is 0 Å². The van der Waals surface area contributed by atoms with Crippen molar-refractivity contribution in [1.82, 2.24) is 9.80 Å². The lowest BCUT2D eigenvalue weighted by Crippen LogP contribution is -2.49. The fourth-order valence-electron chi connectivity index (χ4n) is 3.72. The monoisotopic (exact) mass is 648 g/mol. The zero-order valence-electron chi connectivity index (χ0n) is 18.5. The molecule has 1 fully saturated rings. The van der Waals surface area contributed by atoms with Crippen LogP contribution in [0.3, 0.4) is 0 Å². The van der Waals surface area contributed by atoms with Crippen molar-refractivity contribution >= 4 is 89.7 Å². The number of rotatable bonds is 2. The van der Waals surface area contributed by atoms with Gasteiger partial charge in [0.15, 0.2) is 10.3 Å². The van der Waals surface area contributed by atoms with Crippen LogP contribution >= 0.6 is 55.4 Å². The molecule has 2 amide bonds. The van der Waals surface area contributed by atoms with Crippen LogP contribution in [0, 0.1) is 0 Å². The number of amides is 2. The average Bonchev–Trinajstić information content (AvgIpc) is 3.41. The fraction of sp³-hybridized carbons (Fsp3) is 0.167. The van der Waals surface area contributed by atoms with Gasteiger partial charge >= 0.3 is 0 Å². The van der Waals surface area contributed by atoms with Gasteiger partial charge in [0.1, 0.15) is 11.5 Å². The van der Waals surface area contributed by atoms with Crippen molar-refractivity contribution in [1.29, 1.82) is 0 Å². The lowest BCUT2D eigenvalue weighted by molar-refractivity contribution is -0.114. The molecule has 0 unspecified atom stereocenters. The van der Waals surface area contributed by atoms with E-state index in [0.29, 0.717) is 57.5 Å². The molecule has 0 spiro atoms. The average molecular weight is 650 g/mol. The number of aromatic hydroxyl groups is 2. The number of halogens is 2. The third-order valence-corrected chi connectivity index (χ3v) is 8.67. The number of piperazine rings is 1. The van der Waals surface area contributed by atoms with Crippen LogP contribution in [-0.4, -0.2) is 68.3 Å². The molecule has 3 aliphatic heterocycles. The van der Waals surface area contributed by atoms with Crippen LogP contribution in [0.5, 0.6) is 11.5 Å². The number of phenolic OH excluding ortho intramolecular Hbond substituents is 2. The highest BCUT2D eigenvalue weighted by Gasteiger charge is 2.32. The lowest BCUT2D eigenvalue weighted by Gasteiger charge is -2.35. The Balaban J connectivity index is 1.21. The Bertz CT molecular complexity index is 1290. The highest BCUT2D eigenvalue weighted by atomic mass is 79.9. The molecule has 2 aromatic rings. The van der Waals surface area contributed by atoms with Gasteiger partial charge in [-0.05, 0) is 72.1 Å². The molecule has 3 heterocycles. The molecule has 0 aromatic heterocycles. The van der Waals surface area contributed by atoms with Crippen LogP contribution in [0.15, 0.2) is 65.1 Å². The number of thioether (sulfide) groups is 2. The predicted octanol–water partition coefficient (Wildman–Crippen LogP) is 4.88. The second-order valence-corrected chi connectivity index (χ2v) is 11.9. The molecular weight excluding hydrogens is 632 g/mol. The maximum Gasteiger partial charge on any atom is 0.286 e. The van der Waals surface area contributed by atoms with Gasteiger partial charge in [-0.3, -0.25) is 9.59 Å². The number of nitrogens with zero attached hydrogens (tertiary/aromatic N) is 4. The molecule has 0 radical (unpaired) electrons. The van der Waals surface area contributed by atoms with Gasteiger partial charge in [0.05, 0.1) is 9.81 Å². The van der Waals surface area contributed by atoms with Gasteiger partial charge in [-0.2, -0.15) is 9.98 Å². The summed E-state index contributed by atoms with van der Waals surface area (Å²) in [6, 6.07) is 10.1. The minimum atomic E-state index is -0.330. The van der Waals surface area contributed by atoms with E-state index in [0.717, 1.165) is 8.95 Å². The first-order chi connectivity index (χ1) is 17.3. The molecule has 0 aliphatic carbocycles. The Hall–Kier alpha value is -2.54. The van der Waals surface area contributed by atoms with E-state index in [-0.39, 0.29) is 23.3 Å². The minimum Gasteiger partial charge on any atom is -0.507 e. The summed E-state index contributed by atoms with van der Waals surface area (Å²) < 4.78 is 1.61. The second-order valence-electron chi connectivity index (χ2n) is 8.00. The zero-order chi connectivity index (χ0) is 25.4. The van der Waals surface area contributed by atoms with Crippen molar-refractivity contribution in [2.24, 2.45) is 9.98 Å². The number of carbonyl (C=O) groups is 2. The summed E-state index contributed by atoms with van der Waals surface area (Å²) >= 11 is 9.33. The molecule has 2 N–H and O–H groups in total. The van der Waals surface area contributed by atoms with Gasteiger partial charge in [0.2, 0.25) is 0 Å². The van der Waals surface area contributed by atoms with E-state index in [1.165, 1.54) is 23.5 Å². The highest BCUT2D eigenvalue weighted by Crippen LogP contribution is 2.35. The number of hydrogen-bond donors (Lipinski definition) is 2. The van der Waals surface area contributed by atoms with Gasteiger partial charge < -0.3 is 20.0 Å². The van der Waals surface area contributed by atoms with Crippen LogP contribution in [0.2, 0.25) is 0 Å². The molecule has 3 aliphatic rings. The third-order valence-electron chi connectivity index (χ3n) is 5.59. The molecular formula is C24H18Br2N4O4S2. The van der Waals surface area contributed by atoms with Crippen LogP contribution in [-0.2, 0) is 9.59 Å². The molecule has 0 bridgehead atoms. The first-order valence-corrected chi connectivity index (χ1v) is 14.0. The summed E-state index contributed by atoms with van der Waals surface area (Å²) in [5.41, 5.74) is 1.09. The van der Waals surface area contributed by atoms with Crippen molar-refractivity contribution in [2.45, 2.75) is 0 Å². The van der Waals surface area contributed by atoms with Crippen LogP contribution in [0.4, 0.5) is 0 Å². The predicted molar refractivity (Wildman–Crippen MR) is 151 cm³/mol. The second kappa shape index (κ2) is 10.4. The van der Waals surface area contributed by atoms with Crippen molar-refractivity contribution in [3.05, 3.63) is 66.3 Å². The maximum atomic E-state index is 12.5. The number of hydrogen-bond acceptors (Lipinski definition) is 8. The zero-order valence-corrected chi connectivity index (χ0v) is 23.3. The summed E-state index contributed by atoms with van der Waals surface area (Å²) in [6.07, 6.45) is 3.29. The molecule has 1 saturated heterocycles. The maximum absolute atomic E-state index is 12.5. The van der Waals surface area contributed by atoms with E-state index in [1.807, 2.05) is 9.80 Å².